The summed E-state index contributed by atoms with van der Waals surface area (Å²) in [6, 6.07) is 6.42. The maximum Gasteiger partial charge on any atom is 0.323 e. The van der Waals surface area contributed by atoms with E-state index in [-0.39, 0.29) is 12.5 Å². The van der Waals surface area contributed by atoms with Crippen LogP contribution in [0.5, 0.6) is 0 Å². The van der Waals surface area contributed by atoms with Gasteiger partial charge in [0.1, 0.15) is 6.54 Å². The first kappa shape index (κ1) is 22.9. The summed E-state index contributed by atoms with van der Waals surface area (Å²) in [6.45, 7) is 10.3. The standard InChI is InChI=1S/C10H12N2O3.C7H14O.C2H6/c1-12(6-9(13)14)10(15)7-3-2-4-8(11)5-7;1-4-6-7(8-6)5(2)3;1-2/h2-5H,6,11H2,1H3,(H,13,14);5-7H,4H2,1-3H3;1-2H3. The monoisotopic (exact) mass is 352 g/mol. The highest BCUT2D eigenvalue weighted by molar-refractivity contribution is 5.96. The Bertz CT molecular complexity index is 546. The van der Waals surface area contributed by atoms with E-state index in [9.17, 15) is 9.59 Å². The van der Waals surface area contributed by atoms with Gasteiger partial charge in [-0.05, 0) is 30.5 Å². The number of nitrogens with two attached hydrogens (primary N) is 1. The normalized spacial score (nSPS) is 17.6. The van der Waals surface area contributed by atoms with Crippen LogP contribution in [0, 0.1) is 5.92 Å². The summed E-state index contributed by atoms with van der Waals surface area (Å²) in [5.74, 6) is -0.681. The van der Waals surface area contributed by atoms with Crippen LogP contribution in [0.1, 0.15) is 51.4 Å². The molecule has 6 heteroatoms. The molecule has 1 aromatic carbocycles. The number of hydrogen-bond donors (Lipinski definition) is 2. The third-order valence-electron chi connectivity index (χ3n) is 3.53. The molecule has 1 amide bonds. The van der Waals surface area contributed by atoms with E-state index in [2.05, 4.69) is 20.8 Å². The molecule has 2 unspecified atom stereocenters. The van der Waals surface area contributed by atoms with Gasteiger partial charge in [0.2, 0.25) is 0 Å². The van der Waals surface area contributed by atoms with Gasteiger partial charge >= 0.3 is 5.97 Å². The van der Waals surface area contributed by atoms with E-state index < -0.39 is 5.97 Å². The highest BCUT2D eigenvalue weighted by Crippen LogP contribution is 2.30. The molecule has 3 N–H and O–H groups in total. The zero-order valence-corrected chi connectivity index (χ0v) is 16.2. The van der Waals surface area contributed by atoms with E-state index in [1.165, 1.54) is 19.5 Å². The van der Waals surface area contributed by atoms with Crippen LogP contribution < -0.4 is 5.73 Å². The topological polar surface area (TPSA) is 96.2 Å². The van der Waals surface area contributed by atoms with Crippen LogP contribution >= 0.6 is 0 Å². The SMILES string of the molecule is CC.CCC1OC1C(C)C.CN(CC(=O)O)C(=O)c1cccc(N)c1. The van der Waals surface area contributed by atoms with Crippen LogP contribution in [0.4, 0.5) is 5.69 Å². The molecular weight excluding hydrogens is 320 g/mol. The number of ether oxygens (including phenoxy) is 1. The fourth-order valence-corrected chi connectivity index (χ4v) is 2.24. The number of amides is 1. The minimum absolute atomic E-state index is 0.326. The van der Waals surface area contributed by atoms with Crippen molar-refractivity contribution in [3.63, 3.8) is 0 Å². The van der Waals surface area contributed by atoms with Crippen LogP contribution in [0.25, 0.3) is 0 Å². The van der Waals surface area contributed by atoms with Crippen molar-refractivity contribution in [2.24, 2.45) is 5.92 Å². The second-order valence-electron chi connectivity index (χ2n) is 5.97. The van der Waals surface area contributed by atoms with Crippen LogP contribution in [-0.2, 0) is 9.53 Å². The molecule has 25 heavy (non-hydrogen) atoms. The fraction of sp³-hybridized carbons (Fsp3) is 0.579. The van der Waals surface area contributed by atoms with Gasteiger partial charge in [0, 0.05) is 18.3 Å². The van der Waals surface area contributed by atoms with Crippen molar-refractivity contribution in [1.29, 1.82) is 0 Å². The van der Waals surface area contributed by atoms with Gasteiger partial charge in [-0.1, -0.05) is 40.7 Å². The number of nitrogens with zero attached hydrogens (tertiary/aromatic N) is 1. The van der Waals surface area contributed by atoms with Gasteiger partial charge in [-0.25, -0.2) is 0 Å². The average Bonchev–Trinajstić information content (AvgIpc) is 3.36. The van der Waals surface area contributed by atoms with Crippen LogP contribution in [-0.4, -0.2) is 47.7 Å². The van der Waals surface area contributed by atoms with Crippen molar-refractivity contribution < 1.29 is 19.4 Å². The van der Waals surface area contributed by atoms with E-state index in [0.29, 0.717) is 23.5 Å². The molecule has 0 bridgehead atoms. The number of nitrogen functional groups attached to an aromatic ring is 1. The van der Waals surface area contributed by atoms with Crippen molar-refractivity contribution in [3.8, 4) is 0 Å². The zero-order chi connectivity index (χ0) is 19.6. The number of anilines is 1. The number of benzene rings is 1. The third kappa shape index (κ3) is 8.54. The third-order valence-corrected chi connectivity index (χ3v) is 3.53. The molecule has 0 radical (unpaired) electrons. The lowest BCUT2D eigenvalue weighted by Crippen LogP contribution is -2.31. The van der Waals surface area contributed by atoms with Crippen molar-refractivity contribution in [2.45, 2.75) is 53.2 Å². The van der Waals surface area contributed by atoms with Crippen LogP contribution in [0.3, 0.4) is 0 Å². The van der Waals surface area contributed by atoms with Gasteiger partial charge in [-0.2, -0.15) is 0 Å². The quantitative estimate of drug-likeness (QED) is 0.626. The van der Waals surface area contributed by atoms with Gasteiger partial charge < -0.3 is 20.5 Å². The minimum atomic E-state index is -1.05. The Morgan fingerprint density at radius 3 is 2.28 bits per heavy atom. The highest BCUT2D eigenvalue weighted by Gasteiger charge is 2.38. The summed E-state index contributed by atoms with van der Waals surface area (Å²) < 4.78 is 5.33. The van der Waals surface area contributed by atoms with Crippen molar-refractivity contribution in [3.05, 3.63) is 29.8 Å². The molecular formula is C19H32N2O4. The maximum atomic E-state index is 11.6. The van der Waals surface area contributed by atoms with E-state index in [1.807, 2.05) is 13.8 Å². The molecule has 1 aliphatic heterocycles. The number of carbonyl (C=O) groups is 2. The molecule has 1 aliphatic rings. The summed E-state index contributed by atoms with van der Waals surface area (Å²) in [6.07, 6.45) is 2.36. The Hall–Kier alpha value is -2.08. The van der Waals surface area contributed by atoms with Gasteiger partial charge in [-0.3, -0.25) is 9.59 Å². The lowest BCUT2D eigenvalue weighted by Gasteiger charge is -2.14. The lowest BCUT2D eigenvalue weighted by atomic mass is 10.1. The predicted octanol–water partition coefficient (Wildman–Crippen LogP) is 3.27. The maximum absolute atomic E-state index is 11.6. The minimum Gasteiger partial charge on any atom is -0.480 e. The van der Waals surface area contributed by atoms with Gasteiger partial charge in [0.15, 0.2) is 0 Å². The molecule has 0 spiro atoms. The molecule has 1 fully saturated rings. The molecule has 2 rings (SSSR count). The summed E-state index contributed by atoms with van der Waals surface area (Å²) in [7, 11) is 1.43. The van der Waals surface area contributed by atoms with Gasteiger partial charge in [0.05, 0.1) is 12.2 Å². The van der Waals surface area contributed by atoms with E-state index in [1.54, 1.807) is 18.2 Å². The van der Waals surface area contributed by atoms with Gasteiger partial charge in [-0.15, -0.1) is 0 Å². The lowest BCUT2D eigenvalue weighted by molar-refractivity contribution is -0.137. The molecule has 0 saturated carbocycles. The van der Waals surface area contributed by atoms with Crippen molar-refractivity contribution >= 4 is 17.6 Å². The predicted molar refractivity (Wildman–Crippen MR) is 101 cm³/mol. The Labute approximate surface area is 151 Å². The Morgan fingerprint density at radius 2 is 1.92 bits per heavy atom. The Kier molecular flexibility index (Phi) is 10.5. The summed E-state index contributed by atoms with van der Waals surface area (Å²) in [5, 5.41) is 8.52. The first-order valence-corrected chi connectivity index (χ1v) is 8.74. The summed E-state index contributed by atoms with van der Waals surface area (Å²) in [4.78, 5) is 23.2. The number of rotatable bonds is 5. The molecule has 6 nitrogen and oxygen atoms in total. The smallest absolute Gasteiger partial charge is 0.323 e. The van der Waals surface area contributed by atoms with Crippen LogP contribution in [0.15, 0.2) is 24.3 Å². The molecule has 1 heterocycles. The molecule has 142 valence electrons. The Morgan fingerprint density at radius 1 is 1.32 bits per heavy atom. The molecule has 0 aliphatic carbocycles. The van der Waals surface area contributed by atoms with Gasteiger partial charge in [0.25, 0.3) is 5.91 Å². The fourth-order valence-electron chi connectivity index (χ4n) is 2.24. The second-order valence-corrected chi connectivity index (χ2v) is 5.97. The number of likely N-dealkylation sites (N-methyl/N-ethyl adjacent to an activating group) is 1. The Balaban J connectivity index is 0.000000483. The second kappa shape index (κ2) is 11.5. The highest BCUT2D eigenvalue weighted by atomic mass is 16.6. The molecule has 0 aromatic heterocycles. The van der Waals surface area contributed by atoms with E-state index in [4.69, 9.17) is 15.6 Å². The van der Waals surface area contributed by atoms with Crippen LogP contribution in [0.2, 0.25) is 0 Å². The van der Waals surface area contributed by atoms with Crippen molar-refractivity contribution in [2.75, 3.05) is 19.3 Å². The summed E-state index contributed by atoms with van der Waals surface area (Å²) >= 11 is 0. The number of hydrogen-bond acceptors (Lipinski definition) is 4. The van der Waals surface area contributed by atoms with Crippen molar-refractivity contribution in [1.82, 2.24) is 4.90 Å². The first-order valence-electron chi connectivity index (χ1n) is 8.74. The number of carboxylic acid groups (broad SMARTS) is 1. The van der Waals surface area contributed by atoms with E-state index in [0.717, 1.165) is 10.8 Å². The zero-order valence-electron chi connectivity index (χ0n) is 16.2. The molecule has 1 saturated heterocycles. The molecule has 2 atom stereocenters. The average molecular weight is 352 g/mol. The first-order chi connectivity index (χ1) is 11.8. The number of epoxide rings is 1. The van der Waals surface area contributed by atoms with E-state index >= 15 is 0 Å². The number of carbonyl (C=O) groups excluding carboxylic acids is 1. The largest absolute Gasteiger partial charge is 0.480 e. The molecule has 1 aromatic rings. The summed E-state index contributed by atoms with van der Waals surface area (Å²) in [5.41, 5.74) is 6.37. The number of carboxylic acids is 1. The number of aliphatic carboxylic acids is 1.